The van der Waals surface area contributed by atoms with Crippen molar-refractivity contribution in [1.82, 2.24) is 14.7 Å². The van der Waals surface area contributed by atoms with Gasteiger partial charge < -0.3 is 19.7 Å². The van der Waals surface area contributed by atoms with Gasteiger partial charge in [-0.1, -0.05) is 6.92 Å². The fourth-order valence-corrected chi connectivity index (χ4v) is 4.25. The molecule has 2 aliphatic rings. The summed E-state index contributed by atoms with van der Waals surface area (Å²) in [5, 5.41) is 7.30. The van der Waals surface area contributed by atoms with E-state index in [0.717, 1.165) is 50.9 Å². The lowest BCUT2D eigenvalue weighted by Gasteiger charge is -2.25. The summed E-state index contributed by atoms with van der Waals surface area (Å²) in [4.78, 5) is 27.3. The van der Waals surface area contributed by atoms with Gasteiger partial charge in [-0.3, -0.25) is 9.59 Å². The Kier molecular flexibility index (Phi) is 7.55. The Morgan fingerprint density at radius 2 is 1.94 bits per heavy atom. The molecule has 32 heavy (non-hydrogen) atoms. The van der Waals surface area contributed by atoms with Crippen molar-refractivity contribution in [1.29, 1.82) is 0 Å². The molecular formula is C24H32N4O4. The number of ether oxygens (including phenoxy) is 2. The molecule has 2 aromatic rings. The highest BCUT2D eigenvalue weighted by molar-refractivity contribution is 5.94. The number of amides is 2. The maximum absolute atomic E-state index is 13.0. The summed E-state index contributed by atoms with van der Waals surface area (Å²) >= 11 is 0. The van der Waals surface area contributed by atoms with E-state index in [1.54, 1.807) is 17.1 Å². The molecule has 3 heterocycles. The van der Waals surface area contributed by atoms with E-state index in [-0.39, 0.29) is 23.8 Å². The Balaban J connectivity index is 1.38. The molecule has 4 rings (SSSR count). The zero-order chi connectivity index (χ0) is 22.3. The first kappa shape index (κ1) is 22.5. The Morgan fingerprint density at radius 1 is 1.16 bits per heavy atom. The van der Waals surface area contributed by atoms with Crippen molar-refractivity contribution in [3.05, 3.63) is 42.2 Å². The van der Waals surface area contributed by atoms with Crippen LogP contribution in [0, 0.1) is 5.92 Å². The molecule has 0 saturated carbocycles. The zero-order valence-corrected chi connectivity index (χ0v) is 18.7. The largest absolute Gasteiger partial charge is 0.381 e. The van der Waals surface area contributed by atoms with E-state index < -0.39 is 0 Å². The van der Waals surface area contributed by atoms with Gasteiger partial charge in [0.1, 0.15) is 0 Å². The maximum atomic E-state index is 13.0. The highest BCUT2D eigenvalue weighted by Gasteiger charge is 2.24. The van der Waals surface area contributed by atoms with Gasteiger partial charge in [0.25, 0.3) is 5.91 Å². The van der Waals surface area contributed by atoms with Crippen molar-refractivity contribution in [2.75, 3.05) is 38.2 Å². The summed E-state index contributed by atoms with van der Waals surface area (Å²) in [6, 6.07) is 7.41. The smallest absolute Gasteiger partial charge is 0.253 e. The van der Waals surface area contributed by atoms with Gasteiger partial charge in [-0.15, -0.1) is 0 Å². The highest BCUT2D eigenvalue weighted by Crippen LogP contribution is 2.19. The molecule has 1 aromatic heterocycles. The first-order valence-corrected chi connectivity index (χ1v) is 11.6. The van der Waals surface area contributed by atoms with Gasteiger partial charge in [-0.2, -0.15) is 5.10 Å². The molecule has 1 unspecified atom stereocenters. The lowest BCUT2D eigenvalue weighted by atomic mass is 9.99. The third kappa shape index (κ3) is 5.55. The van der Waals surface area contributed by atoms with Crippen LogP contribution in [0.3, 0.4) is 0 Å². The predicted octanol–water partition coefficient (Wildman–Crippen LogP) is 3.27. The minimum absolute atomic E-state index is 0.0102. The molecular weight excluding hydrogens is 408 g/mol. The molecule has 8 heteroatoms. The molecule has 172 valence electrons. The van der Waals surface area contributed by atoms with Crippen molar-refractivity contribution >= 4 is 17.5 Å². The molecule has 2 aliphatic heterocycles. The second kappa shape index (κ2) is 10.7. The second-order valence-electron chi connectivity index (χ2n) is 8.48. The van der Waals surface area contributed by atoms with Gasteiger partial charge in [0.15, 0.2) is 0 Å². The van der Waals surface area contributed by atoms with Crippen LogP contribution < -0.4 is 5.32 Å². The molecule has 2 saturated heterocycles. The second-order valence-corrected chi connectivity index (χ2v) is 8.48. The minimum atomic E-state index is -0.0157. The zero-order valence-electron chi connectivity index (χ0n) is 18.7. The summed E-state index contributed by atoms with van der Waals surface area (Å²) in [5.74, 6) is 0.0212. The van der Waals surface area contributed by atoms with Crippen LogP contribution in [0.25, 0.3) is 5.69 Å². The van der Waals surface area contributed by atoms with Gasteiger partial charge in [0.2, 0.25) is 5.91 Å². The molecule has 2 fully saturated rings. The van der Waals surface area contributed by atoms with E-state index in [1.807, 2.05) is 29.2 Å². The molecule has 0 aliphatic carbocycles. The quantitative estimate of drug-likeness (QED) is 0.681. The standard InChI is InChI=1S/C24H32N4O4/c1-2-11-27(17-22-4-3-12-32-22)24(30)19-5-7-21(8-6-19)28-16-20(15-25-28)26-23(29)18-9-13-31-14-10-18/h5-8,15-16,18,22H,2-4,9-14,17H2,1H3,(H,26,29). The van der Waals surface area contributed by atoms with Crippen LogP contribution in [0.4, 0.5) is 5.69 Å². The lowest BCUT2D eigenvalue weighted by molar-refractivity contribution is -0.122. The van der Waals surface area contributed by atoms with E-state index in [2.05, 4.69) is 17.3 Å². The number of nitrogens with zero attached hydrogens (tertiary/aromatic N) is 3. The molecule has 0 radical (unpaired) electrons. The monoisotopic (exact) mass is 440 g/mol. The van der Waals surface area contributed by atoms with Crippen molar-refractivity contribution in [2.24, 2.45) is 5.92 Å². The van der Waals surface area contributed by atoms with Crippen molar-refractivity contribution in [2.45, 2.75) is 45.1 Å². The number of aromatic nitrogens is 2. The fourth-order valence-electron chi connectivity index (χ4n) is 4.25. The van der Waals surface area contributed by atoms with Crippen LogP contribution in [-0.4, -0.2) is 65.5 Å². The van der Waals surface area contributed by atoms with Gasteiger partial charge in [0.05, 0.1) is 29.9 Å². The number of nitrogens with one attached hydrogen (secondary N) is 1. The van der Waals surface area contributed by atoms with Crippen LogP contribution in [0.15, 0.2) is 36.7 Å². The van der Waals surface area contributed by atoms with Crippen LogP contribution >= 0.6 is 0 Å². The van der Waals surface area contributed by atoms with Crippen LogP contribution in [0.2, 0.25) is 0 Å². The lowest BCUT2D eigenvalue weighted by Crippen LogP contribution is -2.37. The number of benzene rings is 1. The van der Waals surface area contributed by atoms with E-state index >= 15 is 0 Å². The van der Waals surface area contributed by atoms with Gasteiger partial charge >= 0.3 is 0 Å². The van der Waals surface area contributed by atoms with Crippen LogP contribution in [0.5, 0.6) is 0 Å². The highest BCUT2D eigenvalue weighted by atomic mass is 16.5. The van der Waals surface area contributed by atoms with Crippen LogP contribution in [-0.2, 0) is 14.3 Å². The molecule has 8 nitrogen and oxygen atoms in total. The van der Waals surface area contributed by atoms with Crippen molar-refractivity contribution < 1.29 is 19.1 Å². The number of hydrogen-bond donors (Lipinski definition) is 1. The first-order chi connectivity index (χ1) is 15.6. The number of rotatable bonds is 8. The third-order valence-electron chi connectivity index (χ3n) is 6.05. The molecule has 1 aromatic carbocycles. The van der Waals surface area contributed by atoms with Gasteiger partial charge in [-0.05, 0) is 56.4 Å². The average molecular weight is 441 g/mol. The molecule has 2 amide bonds. The molecule has 0 spiro atoms. The fraction of sp³-hybridized carbons (Fsp3) is 0.542. The summed E-state index contributed by atoms with van der Waals surface area (Å²) < 4.78 is 12.7. The predicted molar refractivity (Wildman–Crippen MR) is 121 cm³/mol. The van der Waals surface area contributed by atoms with E-state index in [0.29, 0.717) is 31.0 Å². The van der Waals surface area contributed by atoms with Crippen molar-refractivity contribution in [3.8, 4) is 5.69 Å². The summed E-state index contributed by atoms with van der Waals surface area (Å²) in [6.07, 6.45) is 8.05. The van der Waals surface area contributed by atoms with E-state index in [9.17, 15) is 9.59 Å². The van der Waals surface area contributed by atoms with Crippen molar-refractivity contribution in [3.63, 3.8) is 0 Å². The number of hydrogen-bond acceptors (Lipinski definition) is 5. The van der Waals surface area contributed by atoms with Gasteiger partial charge in [-0.25, -0.2) is 4.68 Å². The Morgan fingerprint density at radius 3 is 2.62 bits per heavy atom. The number of carbonyl (C=O) groups excluding carboxylic acids is 2. The average Bonchev–Trinajstić information content (AvgIpc) is 3.51. The Bertz CT molecular complexity index is 899. The maximum Gasteiger partial charge on any atom is 0.253 e. The molecule has 1 atom stereocenters. The van der Waals surface area contributed by atoms with Crippen LogP contribution in [0.1, 0.15) is 49.4 Å². The van der Waals surface area contributed by atoms with E-state index in [1.165, 1.54) is 0 Å². The molecule has 0 bridgehead atoms. The Hall–Kier alpha value is -2.71. The number of carbonyl (C=O) groups is 2. The third-order valence-corrected chi connectivity index (χ3v) is 6.05. The summed E-state index contributed by atoms with van der Waals surface area (Å²) in [7, 11) is 0. The van der Waals surface area contributed by atoms with Gasteiger partial charge in [0, 0.05) is 44.4 Å². The summed E-state index contributed by atoms with van der Waals surface area (Å²) in [6.45, 7) is 5.49. The summed E-state index contributed by atoms with van der Waals surface area (Å²) in [5.41, 5.74) is 2.14. The minimum Gasteiger partial charge on any atom is -0.381 e. The van der Waals surface area contributed by atoms with E-state index in [4.69, 9.17) is 9.47 Å². The normalized spacial score (nSPS) is 19.1. The first-order valence-electron chi connectivity index (χ1n) is 11.6. The molecule has 1 N–H and O–H groups in total. The number of anilines is 1. The Labute approximate surface area is 188 Å². The topological polar surface area (TPSA) is 85.7 Å². The SMILES string of the molecule is CCCN(CC1CCCO1)C(=O)c1ccc(-n2cc(NC(=O)C3CCOCC3)cn2)cc1.